The number of rotatable bonds is 6. The minimum absolute atomic E-state index is 1.10. The molecule has 0 saturated heterocycles. The summed E-state index contributed by atoms with van der Waals surface area (Å²) in [6, 6.07) is 46.4. The van der Waals surface area contributed by atoms with E-state index >= 15 is 0 Å². The third kappa shape index (κ3) is 4.46. The topological polar surface area (TPSA) is 0 Å². The van der Waals surface area contributed by atoms with Crippen LogP contribution in [0.4, 0.5) is 0 Å². The molecule has 0 aliphatic carbocycles. The quantitative estimate of drug-likeness (QED) is 0.209. The van der Waals surface area contributed by atoms with Gasteiger partial charge in [0.05, 0.1) is 0 Å². The summed E-state index contributed by atoms with van der Waals surface area (Å²) in [5.41, 5.74) is 7.94. The Morgan fingerprint density at radius 1 is 0.472 bits per heavy atom. The maximum atomic E-state index is 3.07. The molecule has 0 spiro atoms. The van der Waals surface area contributed by atoms with Crippen LogP contribution in [0.1, 0.15) is 17.5 Å². The van der Waals surface area contributed by atoms with Gasteiger partial charge in [0.15, 0.2) is 0 Å². The lowest BCUT2D eigenvalue weighted by Crippen LogP contribution is -2.04. The average molecular weight is 481 g/mol. The number of fused-ring (bicyclic) bond motifs is 2. The van der Waals surface area contributed by atoms with Crippen LogP contribution in [-0.4, -0.2) is 0 Å². The minimum atomic E-state index is 1.10. The van der Waals surface area contributed by atoms with Crippen molar-refractivity contribution in [3.63, 3.8) is 0 Å². The standard InChI is InChI=1S/C35H29P/c36-35-33(28-22-20-26(21-23-28)13-8-12-25-10-2-1-3-11-25)24-29-15-5-7-18-31(29)34(35)32-19-9-16-27-14-4-6-17-30(27)32/h1-7,9-11,14-24H,8,12-13,36H2. The van der Waals surface area contributed by atoms with Gasteiger partial charge in [-0.3, -0.25) is 0 Å². The highest BCUT2D eigenvalue weighted by atomic mass is 31.0. The molecule has 6 aromatic rings. The van der Waals surface area contributed by atoms with Crippen LogP contribution in [0.2, 0.25) is 0 Å². The van der Waals surface area contributed by atoms with E-state index < -0.39 is 0 Å². The molecule has 1 heteroatoms. The molecule has 0 N–H and O–H groups in total. The van der Waals surface area contributed by atoms with Crippen molar-refractivity contribution in [2.75, 3.05) is 0 Å². The fraction of sp³-hybridized carbons (Fsp3) is 0.0857. The molecule has 174 valence electrons. The maximum absolute atomic E-state index is 3.07. The third-order valence-corrected chi connectivity index (χ3v) is 7.79. The number of benzene rings is 6. The Bertz CT molecular complexity index is 1640. The van der Waals surface area contributed by atoms with Crippen molar-refractivity contribution in [2.24, 2.45) is 0 Å². The zero-order valence-corrected chi connectivity index (χ0v) is 21.5. The summed E-state index contributed by atoms with van der Waals surface area (Å²) < 4.78 is 0. The van der Waals surface area contributed by atoms with Gasteiger partial charge in [0.2, 0.25) is 0 Å². The van der Waals surface area contributed by atoms with E-state index in [1.165, 1.54) is 66.7 Å². The van der Waals surface area contributed by atoms with Gasteiger partial charge < -0.3 is 0 Å². The fourth-order valence-corrected chi connectivity index (χ4v) is 5.89. The molecule has 0 saturated carbocycles. The van der Waals surface area contributed by atoms with Gasteiger partial charge in [-0.25, -0.2) is 0 Å². The van der Waals surface area contributed by atoms with Crippen molar-refractivity contribution in [3.8, 4) is 22.3 Å². The second-order valence-electron chi connectivity index (χ2n) is 9.50. The van der Waals surface area contributed by atoms with E-state index in [1.54, 1.807) is 0 Å². The molecule has 1 unspecified atom stereocenters. The molecular weight excluding hydrogens is 451 g/mol. The Balaban J connectivity index is 1.38. The molecular formula is C35H29P. The molecule has 0 aliphatic rings. The van der Waals surface area contributed by atoms with Crippen molar-refractivity contribution in [3.05, 3.63) is 139 Å². The highest BCUT2D eigenvalue weighted by molar-refractivity contribution is 7.28. The number of hydrogen-bond acceptors (Lipinski definition) is 0. The van der Waals surface area contributed by atoms with Crippen molar-refractivity contribution in [2.45, 2.75) is 19.3 Å². The molecule has 0 aromatic heterocycles. The summed E-state index contributed by atoms with van der Waals surface area (Å²) in [6.45, 7) is 0. The lowest BCUT2D eigenvalue weighted by molar-refractivity contribution is 0.821. The van der Waals surface area contributed by atoms with Crippen molar-refractivity contribution < 1.29 is 0 Å². The number of hydrogen-bond donors (Lipinski definition) is 0. The van der Waals surface area contributed by atoms with E-state index in [0.717, 1.165) is 12.8 Å². The molecule has 36 heavy (non-hydrogen) atoms. The van der Waals surface area contributed by atoms with Gasteiger partial charge in [-0.15, -0.1) is 9.24 Å². The van der Waals surface area contributed by atoms with Gasteiger partial charge in [-0.2, -0.15) is 0 Å². The van der Waals surface area contributed by atoms with Crippen LogP contribution in [0, 0.1) is 0 Å². The molecule has 0 heterocycles. The van der Waals surface area contributed by atoms with Crippen molar-refractivity contribution >= 4 is 36.1 Å². The lowest BCUT2D eigenvalue weighted by atomic mass is 9.90. The molecule has 0 bridgehead atoms. The largest absolute Gasteiger partial charge is 0.104 e. The SMILES string of the molecule is Pc1c(-c2ccc(CCCc3ccccc3)cc2)cc2ccccc2c1-c1cccc2ccccc12. The summed E-state index contributed by atoms with van der Waals surface area (Å²) in [7, 11) is 3.07. The van der Waals surface area contributed by atoms with Gasteiger partial charge in [0.1, 0.15) is 0 Å². The van der Waals surface area contributed by atoms with Crippen LogP contribution in [0.3, 0.4) is 0 Å². The Morgan fingerprint density at radius 2 is 1.08 bits per heavy atom. The lowest BCUT2D eigenvalue weighted by Gasteiger charge is -2.18. The summed E-state index contributed by atoms with van der Waals surface area (Å²) in [4.78, 5) is 0. The first-order valence-electron chi connectivity index (χ1n) is 12.7. The summed E-state index contributed by atoms with van der Waals surface area (Å²) in [6.07, 6.45) is 3.39. The van der Waals surface area contributed by atoms with E-state index in [-0.39, 0.29) is 0 Å². The van der Waals surface area contributed by atoms with E-state index in [4.69, 9.17) is 0 Å². The van der Waals surface area contributed by atoms with E-state index in [1.807, 2.05) is 0 Å². The maximum Gasteiger partial charge on any atom is -0.00212 e. The second-order valence-corrected chi connectivity index (χ2v) is 10.1. The first-order valence-corrected chi connectivity index (χ1v) is 13.3. The smallest absolute Gasteiger partial charge is 0.00212 e. The van der Waals surface area contributed by atoms with Gasteiger partial charge >= 0.3 is 0 Å². The summed E-state index contributed by atoms with van der Waals surface area (Å²) in [5, 5.41) is 6.38. The van der Waals surface area contributed by atoms with E-state index in [2.05, 4.69) is 137 Å². The molecule has 0 nitrogen and oxygen atoms in total. The molecule has 0 amide bonds. The Morgan fingerprint density at radius 3 is 1.86 bits per heavy atom. The summed E-state index contributed by atoms with van der Waals surface area (Å²) in [5.74, 6) is 0. The first kappa shape index (κ1) is 22.7. The van der Waals surface area contributed by atoms with E-state index in [9.17, 15) is 0 Å². The molecule has 1 atom stereocenters. The van der Waals surface area contributed by atoms with Crippen LogP contribution >= 0.6 is 9.24 Å². The Hall–Kier alpha value is -3.73. The van der Waals surface area contributed by atoms with Gasteiger partial charge in [0, 0.05) is 0 Å². The molecule has 0 fully saturated rings. The van der Waals surface area contributed by atoms with Gasteiger partial charge in [-0.05, 0) is 85.6 Å². The highest BCUT2D eigenvalue weighted by Gasteiger charge is 2.15. The van der Waals surface area contributed by atoms with E-state index in [0.29, 0.717) is 0 Å². The molecule has 6 aromatic carbocycles. The monoisotopic (exact) mass is 480 g/mol. The van der Waals surface area contributed by atoms with Crippen LogP contribution < -0.4 is 5.30 Å². The number of aryl methyl sites for hydroxylation is 2. The van der Waals surface area contributed by atoms with Crippen LogP contribution in [0.5, 0.6) is 0 Å². The molecule has 0 aliphatic heterocycles. The van der Waals surface area contributed by atoms with Gasteiger partial charge in [0.25, 0.3) is 0 Å². The average Bonchev–Trinajstić information content (AvgIpc) is 2.94. The fourth-order valence-electron chi connectivity index (χ4n) is 5.33. The zero-order chi connectivity index (χ0) is 24.3. The van der Waals surface area contributed by atoms with Crippen LogP contribution in [0.25, 0.3) is 43.8 Å². The van der Waals surface area contributed by atoms with Crippen LogP contribution in [0.15, 0.2) is 127 Å². The molecule has 6 rings (SSSR count). The predicted molar refractivity (Wildman–Crippen MR) is 160 cm³/mol. The summed E-state index contributed by atoms with van der Waals surface area (Å²) >= 11 is 0. The Labute approximate surface area is 215 Å². The van der Waals surface area contributed by atoms with Crippen molar-refractivity contribution in [1.82, 2.24) is 0 Å². The molecule has 0 radical (unpaired) electrons. The highest BCUT2D eigenvalue weighted by Crippen LogP contribution is 2.37. The second kappa shape index (κ2) is 10.1. The zero-order valence-electron chi connectivity index (χ0n) is 20.3. The Kier molecular flexibility index (Phi) is 6.37. The van der Waals surface area contributed by atoms with Crippen LogP contribution in [-0.2, 0) is 12.8 Å². The minimum Gasteiger partial charge on any atom is -0.104 e. The predicted octanol–water partition coefficient (Wildman–Crippen LogP) is 9.00. The third-order valence-electron chi connectivity index (χ3n) is 7.19. The normalized spacial score (nSPS) is 11.2. The van der Waals surface area contributed by atoms with Gasteiger partial charge in [-0.1, -0.05) is 121 Å². The van der Waals surface area contributed by atoms with Crippen molar-refractivity contribution in [1.29, 1.82) is 0 Å². The first-order chi connectivity index (χ1) is 17.8.